The molecule has 4 unspecified atom stereocenters. The van der Waals surface area contributed by atoms with Gasteiger partial charge in [-0.1, -0.05) is 74.5 Å². The number of carbonyl (C=O) groups is 5. The molecule has 4 N–H and O–H groups in total. The lowest BCUT2D eigenvalue weighted by atomic mass is 10.0. The van der Waals surface area contributed by atoms with Crippen LogP contribution in [-0.4, -0.2) is 61.4 Å². The maximum absolute atomic E-state index is 12.9. The maximum atomic E-state index is 12.9. The highest BCUT2D eigenvalue weighted by molar-refractivity contribution is 5.93. The fourth-order valence-electron chi connectivity index (χ4n) is 3.73. The molecule has 0 aliphatic heterocycles. The van der Waals surface area contributed by atoms with E-state index in [0.29, 0.717) is 12.7 Å². The molecule has 0 spiro atoms. The molecule has 0 aromatic heterocycles. The first-order chi connectivity index (χ1) is 18.1. The minimum atomic E-state index is -1.02. The minimum absolute atomic E-state index is 0.206. The van der Waals surface area contributed by atoms with Crippen molar-refractivity contribution >= 4 is 30.1 Å². The lowest BCUT2D eigenvalue weighted by Gasteiger charge is -2.25. The summed E-state index contributed by atoms with van der Waals surface area (Å²) in [6.07, 6.45) is 1.18. The molecule has 0 aliphatic carbocycles. The van der Waals surface area contributed by atoms with Crippen molar-refractivity contribution < 1.29 is 28.7 Å². The lowest BCUT2D eigenvalue weighted by molar-refractivity contribution is -0.142. The first-order valence-electron chi connectivity index (χ1n) is 12.4. The van der Waals surface area contributed by atoms with Crippen LogP contribution in [0.4, 0.5) is 4.79 Å². The largest absolute Gasteiger partial charge is 0.467 e. The van der Waals surface area contributed by atoms with Crippen LogP contribution in [-0.2, 0) is 36.8 Å². The smallest absolute Gasteiger partial charge is 0.328 e. The van der Waals surface area contributed by atoms with Gasteiger partial charge in [0, 0.05) is 6.42 Å². The number of esters is 1. The molecule has 0 saturated carbocycles. The van der Waals surface area contributed by atoms with E-state index in [9.17, 15) is 24.0 Å². The van der Waals surface area contributed by atoms with Crippen LogP contribution in [0.15, 0.2) is 60.7 Å². The maximum Gasteiger partial charge on any atom is 0.328 e. The Hall–Kier alpha value is -4.21. The summed E-state index contributed by atoms with van der Waals surface area (Å²) in [5.74, 6) is -2.03. The van der Waals surface area contributed by atoms with E-state index in [-0.39, 0.29) is 12.3 Å². The second-order valence-electron chi connectivity index (χ2n) is 9.28. The molecule has 204 valence electrons. The van der Waals surface area contributed by atoms with Gasteiger partial charge in [0.1, 0.15) is 24.4 Å². The van der Waals surface area contributed by atoms with Crippen LogP contribution < -0.4 is 21.3 Å². The predicted molar refractivity (Wildman–Crippen MR) is 142 cm³/mol. The Bertz CT molecular complexity index is 1080. The van der Waals surface area contributed by atoms with E-state index >= 15 is 0 Å². The topological polar surface area (TPSA) is 143 Å². The average Bonchev–Trinajstić information content (AvgIpc) is 2.91. The van der Waals surface area contributed by atoms with Crippen LogP contribution in [0.5, 0.6) is 0 Å². The van der Waals surface area contributed by atoms with Crippen molar-refractivity contribution in [2.45, 2.75) is 57.8 Å². The van der Waals surface area contributed by atoms with Gasteiger partial charge >= 0.3 is 12.0 Å². The summed E-state index contributed by atoms with van der Waals surface area (Å²) in [5.41, 5.74) is 1.71. The predicted octanol–water partition coefficient (Wildman–Crippen LogP) is 1.53. The Kier molecular flexibility index (Phi) is 12.0. The fraction of sp³-hybridized carbons (Fsp3) is 0.393. The number of hydrogen-bond donors (Lipinski definition) is 4. The molecule has 2 rings (SSSR count). The van der Waals surface area contributed by atoms with Gasteiger partial charge in [0.05, 0.1) is 13.2 Å². The number of hydrogen-bond acceptors (Lipinski definition) is 6. The van der Waals surface area contributed by atoms with Crippen LogP contribution in [0, 0.1) is 5.92 Å². The molecule has 0 heterocycles. The summed E-state index contributed by atoms with van der Waals surface area (Å²) in [7, 11) is 1.22. The molecule has 4 amide bonds. The fourth-order valence-corrected chi connectivity index (χ4v) is 3.73. The molecule has 2 aromatic carbocycles. The van der Waals surface area contributed by atoms with Gasteiger partial charge in [-0.05, 0) is 30.4 Å². The summed E-state index contributed by atoms with van der Waals surface area (Å²) < 4.78 is 4.79. The second kappa shape index (κ2) is 15.1. The molecule has 0 fully saturated rings. The number of rotatable bonds is 13. The van der Waals surface area contributed by atoms with Gasteiger partial charge in [0.15, 0.2) is 0 Å². The molecule has 0 radical (unpaired) electrons. The molecular formula is C28H36N4O6. The number of carbonyl (C=O) groups excluding carboxylic acids is 5. The molecule has 10 heteroatoms. The normalized spacial score (nSPS) is 13.8. The Labute approximate surface area is 222 Å². The molecule has 2 aromatic rings. The van der Waals surface area contributed by atoms with E-state index in [1.807, 2.05) is 60.7 Å². The molecule has 38 heavy (non-hydrogen) atoms. The van der Waals surface area contributed by atoms with E-state index in [4.69, 9.17) is 4.74 Å². The van der Waals surface area contributed by atoms with E-state index in [0.717, 1.165) is 11.1 Å². The van der Waals surface area contributed by atoms with Crippen molar-refractivity contribution in [1.82, 2.24) is 21.3 Å². The first-order valence-corrected chi connectivity index (χ1v) is 12.4. The monoisotopic (exact) mass is 524 g/mol. The Balaban J connectivity index is 1.96. The number of aldehydes is 1. The number of urea groups is 1. The summed E-state index contributed by atoms with van der Waals surface area (Å²) in [4.78, 5) is 62.0. The summed E-state index contributed by atoms with van der Waals surface area (Å²) in [6.45, 7) is 4.97. The number of ether oxygens (including phenoxy) is 1. The molecule has 10 nitrogen and oxygen atoms in total. The molecule has 0 bridgehead atoms. The van der Waals surface area contributed by atoms with Gasteiger partial charge in [-0.3, -0.25) is 9.59 Å². The van der Waals surface area contributed by atoms with E-state index in [1.165, 1.54) is 14.0 Å². The van der Waals surface area contributed by atoms with Crippen molar-refractivity contribution in [3.8, 4) is 0 Å². The highest BCUT2D eigenvalue weighted by Crippen LogP contribution is 2.07. The quantitative estimate of drug-likeness (QED) is 0.231. The first kappa shape index (κ1) is 30.0. The van der Waals surface area contributed by atoms with Crippen LogP contribution in [0.2, 0.25) is 0 Å². The SMILES string of the molecule is COC(=O)C(Cc1ccccc1)NC(=O)NC(C)C(=O)NC(C(=O)NC(C=O)Cc1ccccc1)C(C)C. The second-order valence-corrected chi connectivity index (χ2v) is 9.28. The third-order valence-electron chi connectivity index (χ3n) is 5.85. The zero-order chi connectivity index (χ0) is 28.1. The van der Waals surface area contributed by atoms with Crippen LogP contribution in [0.3, 0.4) is 0 Å². The van der Waals surface area contributed by atoms with Gasteiger partial charge in [-0.15, -0.1) is 0 Å². The van der Waals surface area contributed by atoms with E-state index < -0.39 is 48.0 Å². The van der Waals surface area contributed by atoms with Crippen LogP contribution >= 0.6 is 0 Å². The van der Waals surface area contributed by atoms with Crippen molar-refractivity contribution in [2.75, 3.05) is 7.11 Å². The number of amides is 4. The molecule has 0 aliphatic rings. The zero-order valence-corrected chi connectivity index (χ0v) is 22.1. The lowest BCUT2D eigenvalue weighted by Crippen LogP contribution is -2.58. The Morgan fingerprint density at radius 2 is 1.32 bits per heavy atom. The molecule has 4 atom stereocenters. The highest BCUT2D eigenvalue weighted by atomic mass is 16.5. The number of nitrogens with one attached hydrogen (secondary N) is 4. The van der Waals surface area contributed by atoms with Gasteiger partial charge in [-0.25, -0.2) is 9.59 Å². The summed E-state index contributed by atoms with van der Waals surface area (Å²) >= 11 is 0. The number of benzene rings is 2. The van der Waals surface area contributed by atoms with Crippen LogP contribution in [0.1, 0.15) is 31.9 Å². The Morgan fingerprint density at radius 1 is 0.763 bits per heavy atom. The van der Waals surface area contributed by atoms with Crippen LogP contribution in [0.25, 0.3) is 0 Å². The minimum Gasteiger partial charge on any atom is -0.467 e. The van der Waals surface area contributed by atoms with Crippen molar-refractivity contribution in [3.05, 3.63) is 71.8 Å². The standard InChI is InChI=1S/C28H36N4O6/c1-18(2)24(26(35)30-22(17-33)15-20-11-7-5-8-12-20)32-25(34)19(3)29-28(37)31-23(27(36)38-4)16-21-13-9-6-10-14-21/h5-14,17-19,22-24H,15-16H2,1-4H3,(H,30,35)(H,32,34)(H2,29,31,37). The van der Waals surface area contributed by atoms with Gasteiger partial charge in [-0.2, -0.15) is 0 Å². The summed E-state index contributed by atoms with van der Waals surface area (Å²) in [6, 6.07) is 13.9. The third-order valence-corrected chi connectivity index (χ3v) is 5.85. The third kappa shape index (κ3) is 9.68. The van der Waals surface area contributed by atoms with E-state index in [1.54, 1.807) is 13.8 Å². The zero-order valence-electron chi connectivity index (χ0n) is 22.1. The molecular weight excluding hydrogens is 488 g/mol. The van der Waals surface area contributed by atoms with E-state index in [2.05, 4.69) is 21.3 Å². The summed E-state index contributed by atoms with van der Waals surface area (Å²) in [5, 5.41) is 10.3. The van der Waals surface area contributed by atoms with Gasteiger partial charge in [0.2, 0.25) is 11.8 Å². The van der Waals surface area contributed by atoms with Crippen molar-refractivity contribution in [3.63, 3.8) is 0 Å². The van der Waals surface area contributed by atoms with Gasteiger partial charge in [0.25, 0.3) is 0 Å². The van der Waals surface area contributed by atoms with Crippen molar-refractivity contribution in [2.24, 2.45) is 5.92 Å². The highest BCUT2D eigenvalue weighted by Gasteiger charge is 2.29. The average molecular weight is 525 g/mol. The number of methoxy groups -OCH3 is 1. The Morgan fingerprint density at radius 3 is 1.82 bits per heavy atom. The van der Waals surface area contributed by atoms with Gasteiger partial charge < -0.3 is 30.8 Å². The van der Waals surface area contributed by atoms with Crippen molar-refractivity contribution in [1.29, 1.82) is 0 Å². The molecule has 0 saturated heterocycles.